The van der Waals surface area contributed by atoms with Gasteiger partial charge in [-0.2, -0.15) is 0 Å². The van der Waals surface area contributed by atoms with Gasteiger partial charge in [-0.15, -0.1) is 0 Å². The first-order valence-corrected chi connectivity index (χ1v) is 13.0. The molecule has 4 rings (SSSR count). The SMILES string of the molecule is CCOc1cc(/C=C2\C(=O)NC(=O)N(c3ccc(Br)cc3)C2=O)cc(Cl)c1OCC(=O)Nc1cccc(C)c1. The summed E-state index contributed by atoms with van der Waals surface area (Å²) >= 11 is 9.77. The lowest BCUT2D eigenvalue weighted by Crippen LogP contribution is -2.54. The van der Waals surface area contributed by atoms with Crippen LogP contribution in [0.4, 0.5) is 16.2 Å². The number of ether oxygens (including phenoxy) is 2. The molecular formula is C28H23BrClN3O6. The highest BCUT2D eigenvalue weighted by atomic mass is 79.9. The summed E-state index contributed by atoms with van der Waals surface area (Å²) in [6, 6.07) is 15.9. The lowest BCUT2D eigenvalue weighted by atomic mass is 10.1. The van der Waals surface area contributed by atoms with Crippen molar-refractivity contribution in [3.05, 3.63) is 86.9 Å². The summed E-state index contributed by atoms with van der Waals surface area (Å²) in [5, 5.41) is 5.03. The van der Waals surface area contributed by atoms with Gasteiger partial charge in [0.15, 0.2) is 18.1 Å². The molecule has 0 bridgehead atoms. The molecule has 0 unspecified atom stereocenters. The molecule has 200 valence electrons. The summed E-state index contributed by atoms with van der Waals surface area (Å²) in [4.78, 5) is 51.5. The third kappa shape index (κ3) is 6.65. The van der Waals surface area contributed by atoms with E-state index in [0.717, 1.165) is 14.9 Å². The van der Waals surface area contributed by atoms with Crippen LogP contribution >= 0.6 is 27.5 Å². The topological polar surface area (TPSA) is 114 Å². The first-order valence-electron chi connectivity index (χ1n) is 11.8. The summed E-state index contributed by atoms with van der Waals surface area (Å²) < 4.78 is 12.1. The van der Waals surface area contributed by atoms with Crippen LogP contribution in [0.25, 0.3) is 6.08 Å². The number of halogens is 2. The molecule has 2 N–H and O–H groups in total. The zero-order chi connectivity index (χ0) is 28.1. The normalized spacial score (nSPS) is 14.3. The molecule has 9 nitrogen and oxygen atoms in total. The smallest absolute Gasteiger partial charge is 0.335 e. The molecule has 5 amide bonds. The lowest BCUT2D eigenvalue weighted by molar-refractivity contribution is -0.122. The molecule has 0 atom stereocenters. The van der Waals surface area contributed by atoms with Crippen LogP contribution < -0.4 is 25.0 Å². The molecule has 1 heterocycles. The Hall–Kier alpha value is -4.15. The largest absolute Gasteiger partial charge is 0.490 e. The molecule has 0 aromatic heterocycles. The van der Waals surface area contributed by atoms with Gasteiger partial charge in [-0.25, -0.2) is 9.69 Å². The van der Waals surface area contributed by atoms with Crippen molar-refractivity contribution < 1.29 is 28.7 Å². The van der Waals surface area contributed by atoms with Gasteiger partial charge in [0, 0.05) is 10.2 Å². The Labute approximate surface area is 237 Å². The van der Waals surface area contributed by atoms with E-state index in [4.69, 9.17) is 21.1 Å². The molecule has 11 heteroatoms. The first-order chi connectivity index (χ1) is 18.7. The highest BCUT2D eigenvalue weighted by Gasteiger charge is 2.36. The van der Waals surface area contributed by atoms with Gasteiger partial charge in [-0.3, -0.25) is 19.7 Å². The maximum absolute atomic E-state index is 13.2. The van der Waals surface area contributed by atoms with Gasteiger partial charge in [0.05, 0.1) is 17.3 Å². The average Bonchev–Trinajstić information content (AvgIpc) is 2.87. The monoisotopic (exact) mass is 611 g/mol. The minimum Gasteiger partial charge on any atom is -0.490 e. The Kier molecular flexibility index (Phi) is 8.68. The number of nitrogens with zero attached hydrogens (tertiary/aromatic N) is 1. The van der Waals surface area contributed by atoms with Crippen molar-refractivity contribution in [1.82, 2.24) is 5.32 Å². The van der Waals surface area contributed by atoms with Crippen LogP contribution in [0, 0.1) is 6.92 Å². The van der Waals surface area contributed by atoms with Gasteiger partial charge in [0.1, 0.15) is 5.57 Å². The molecule has 1 aliphatic heterocycles. The van der Waals surface area contributed by atoms with Gasteiger partial charge in [0.25, 0.3) is 17.7 Å². The minimum atomic E-state index is -0.856. The molecule has 39 heavy (non-hydrogen) atoms. The van der Waals surface area contributed by atoms with E-state index < -0.39 is 23.8 Å². The quantitative estimate of drug-likeness (QED) is 0.257. The number of hydrogen-bond donors (Lipinski definition) is 2. The molecule has 1 fully saturated rings. The van der Waals surface area contributed by atoms with E-state index >= 15 is 0 Å². The maximum atomic E-state index is 13.2. The van der Waals surface area contributed by atoms with Crippen LogP contribution in [0.5, 0.6) is 11.5 Å². The van der Waals surface area contributed by atoms with Crippen LogP contribution in [0.1, 0.15) is 18.1 Å². The van der Waals surface area contributed by atoms with Gasteiger partial charge in [0.2, 0.25) is 0 Å². The fourth-order valence-corrected chi connectivity index (χ4v) is 4.32. The summed E-state index contributed by atoms with van der Waals surface area (Å²) in [6.45, 7) is 3.59. The number of carbonyl (C=O) groups is 4. The van der Waals surface area contributed by atoms with Gasteiger partial charge >= 0.3 is 6.03 Å². The first kappa shape index (κ1) is 27.9. The number of carbonyl (C=O) groups excluding carboxylic acids is 4. The lowest BCUT2D eigenvalue weighted by Gasteiger charge is -2.26. The second-order valence-corrected chi connectivity index (χ2v) is 9.73. The van der Waals surface area contributed by atoms with Crippen molar-refractivity contribution >= 4 is 68.7 Å². The highest BCUT2D eigenvalue weighted by molar-refractivity contribution is 9.10. The number of amides is 5. The molecule has 0 saturated carbocycles. The number of urea groups is 1. The fraction of sp³-hybridized carbons (Fsp3) is 0.143. The zero-order valence-corrected chi connectivity index (χ0v) is 23.3. The molecule has 3 aromatic rings. The van der Waals surface area contributed by atoms with Gasteiger partial charge in [-0.1, -0.05) is 39.7 Å². The van der Waals surface area contributed by atoms with Gasteiger partial charge in [-0.05, 0) is 79.6 Å². The van der Waals surface area contributed by atoms with Crippen LogP contribution in [-0.2, 0) is 14.4 Å². The van der Waals surface area contributed by atoms with Gasteiger partial charge < -0.3 is 14.8 Å². The number of barbiturate groups is 1. The molecule has 1 aliphatic rings. The van der Waals surface area contributed by atoms with E-state index in [0.29, 0.717) is 16.9 Å². The Morgan fingerprint density at radius 2 is 1.82 bits per heavy atom. The van der Waals surface area contributed by atoms with Crippen LogP contribution in [0.2, 0.25) is 5.02 Å². The molecule has 0 spiro atoms. The van der Waals surface area contributed by atoms with E-state index in [9.17, 15) is 19.2 Å². The Morgan fingerprint density at radius 1 is 1.08 bits per heavy atom. The fourth-order valence-electron chi connectivity index (χ4n) is 3.78. The van der Waals surface area contributed by atoms with Crippen molar-refractivity contribution in [2.45, 2.75) is 13.8 Å². The van der Waals surface area contributed by atoms with E-state index in [1.807, 2.05) is 25.1 Å². The molecule has 0 radical (unpaired) electrons. The van der Waals surface area contributed by atoms with Crippen LogP contribution in [-0.4, -0.2) is 37.0 Å². The average molecular weight is 613 g/mol. The molecular weight excluding hydrogens is 590 g/mol. The summed E-state index contributed by atoms with van der Waals surface area (Å²) in [5.74, 6) is -1.70. The van der Waals surface area contributed by atoms with E-state index in [-0.39, 0.29) is 35.3 Å². The maximum Gasteiger partial charge on any atom is 0.335 e. The third-order valence-electron chi connectivity index (χ3n) is 5.48. The predicted molar refractivity (Wildman–Crippen MR) is 151 cm³/mol. The van der Waals surface area contributed by atoms with Crippen molar-refractivity contribution in [3.8, 4) is 11.5 Å². The van der Waals surface area contributed by atoms with Crippen molar-refractivity contribution in [2.24, 2.45) is 0 Å². The number of nitrogens with one attached hydrogen (secondary N) is 2. The Bertz CT molecular complexity index is 1490. The van der Waals surface area contributed by atoms with Crippen molar-refractivity contribution in [3.63, 3.8) is 0 Å². The third-order valence-corrected chi connectivity index (χ3v) is 6.29. The van der Waals surface area contributed by atoms with Crippen molar-refractivity contribution in [1.29, 1.82) is 0 Å². The number of rotatable bonds is 8. The second kappa shape index (κ2) is 12.1. The highest BCUT2D eigenvalue weighted by Crippen LogP contribution is 2.37. The van der Waals surface area contributed by atoms with E-state index in [2.05, 4.69) is 26.6 Å². The summed E-state index contributed by atoms with van der Waals surface area (Å²) in [6.07, 6.45) is 1.30. The second-order valence-electron chi connectivity index (χ2n) is 8.40. The van der Waals surface area contributed by atoms with E-state index in [1.165, 1.54) is 18.2 Å². The molecule has 1 saturated heterocycles. The standard InChI is InChI=1S/C28H23BrClN3O6/c1-3-38-23-14-17(13-22(30)25(23)39-15-24(34)31-19-6-4-5-16(2)11-19)12-21-26(35)32-28(37)33(27(21)36)20-9-7-18(29)8-10-20/h4-14H,3,15H2,1-2H3,(H,31,34)(H,32,35,37)/b21-12+. The van der Waals surface area contributed by atoms with Crippen LogP contribution in [0.3, 0.4) is 0 Å². The zero-order valence-electron chi connectivity index (χ0n) is 20.9. The van der Waals surface area contributed by atoms with E-state index in [1.54, 1.807) is 37.3 Å². The summed E-state index contributed by atoms with van der Waals surface area (Å²) in [5.41, 5.74) is 1.99. The molecule has 0 aliphatic carbocycles. The number of imide groups is 2. The number of anilines is 2. The minimum absolute atomic E-state index is 0.0978. The number of aryl methyl sites for hydroxylation is 1. The number of hydrogen-bond acceptors (Lipinski definition) is 6. The van der Waals surface area contributed by atoms with Crippen LogP contribution in [0.15, 0.2) is 70.7 Å². The molecule has 3 aromatic carbocycles. The Balaban J connectivity index is 1.58. The van der Waals surface area contributed by atoms with Crippen molar-refractivity contribution in [2.75, 3.05) is 23.4 Å². The predicted octanol–water partition coefficient (Wildman–Crippen LogP) is 5.49. The number of benzene rings is 3. The Morgan fingerprint density at radius 3 is 2.51 bits per heavy atom. The summed E-state index contributed by atoms with van der Waals surface area (Å²) in [7, 11) is 0.